The van der Waals surface area contributed by atoms with Crippen molar-refractivity contribution in [1.82, 2.24) is 0 Å². The van der Waals surface area contributed by atoms with Gasteiger partial charge in [0.1, 0.15) is 0 Å². The van der Waals surface area contributed by atoms with Crippen molar-refractivity contribution in [2.75, 3.05) is 0 Å². The van der Waals surface area contributed by atoms with Crippen LogP contribution in [0.3, 0.4) is 0 Å². The Morgan fingerprint density at radius 1 is 0.800 bits per heavy atom. The average molecular weight is 562 g/mol. The number of fused-ring (bicyclic) bond motifs is 3. The fraction of sp³-hybridized carbons (Fsp3) is 0.484. The quantitative estimate of drug-likeness (QED) is 0.504. The van der Waals surface area contributed by atoms with Gasteiger partial charge >= 0.3 is 210 Å². The summed E-state index contributed by atoms with van der Waals surface area (Å²) in [5.41, 5.74) is 11.3. The number of hydrogen-bond donors (Lipinski definition) is 0. The number of benzene rings is 2. The van der Waals surface area contributed by atoms with Crippen LogP contribution in [-0.4, -0.2) is 6.19 Å². The standard InChI is InChI=1S/C21H25.C6H7.C4H10Si.2ClH.Ti/c1-20(2,3)16-7-9-18-14(12-16)11-15-13-17(21(4,5)6)8-10-19(15)18;1-6-4-2-3-5-6;1-3-5-4-2;;;/h7-13H,1-6H3;2,4H,3H2,1H3;3-4H2,1-2H3;2*1H;/q;;;;;+2/p-2. The van der Waals surface area contributed by atoms with Crippen LogP contribution in [-0.2, 0) is 27.4 Å². The van der Waals surface area contributed by atoms with E-state index in [-0.39, 0.29) is 41.8 Å². The molecule has 0 unspecified atom stereocenters. The summed E-state index contributed by atoms with van der Waals surface area (Å²) < 4.78 is 2.54. The molecule has 0 amide bonds. The fourth-order valence-electron chi connectivity index (χ4n) is 5.67. The minimum Gasteiger partial charge on any atom is -1.00 e. The maximum atomic E-state index is 2.62. The Kier molecular flexibility index (Phi) is 10.0. The Bertz CT molecular complexity index is 1120. The van der Waals surface area contributed by atoms with Gasteiger partial charge in [-0.3, -0.25) is 0 Å². The topological polar surface area (TPSA) is 0 Å². The molecule has 0 saturated heterocycles. The van der Waals surface area contributed by atoms with Crippen molar-refractivity contribution in [2.24, 2.45) is 0 Å². The molecule has 35 heavy (non-hydrogen) atoms. The fourth-order valence-corrected chi connectivity index (χ4v) is 21.3. The predicted octanol–water partition coefficient (Wildman–Crippen LogP) is 3.24. The van der Waals surface area contributed by atoms with Crippen molar-refractivity contribution in [1.29, 1.82) is 0 Å². The van der Waals surface area contributed by atoms with Crippen molar-refractivity contribution < 1.29 is 41.4 Å². The van der Waals surface area contributed by atoms with Gasteiger partial charge in [-0.05, 0) is 0 Å². The number of hydrogen-bond acceptors (Lipinski definition) is 0. The molecule has 4 heteroatoms. The smallest absolute Gasteiger partial charge is 1.00 e. The summed E-state index contributed by atoms with van der Waals surface area (Å²) in [7, 11) is 0. The Labute approximate surface area is 233 Å². The molecule has 0 nitrogen and oxygen atoms in total. The molecule has 2 aliphatic rings. The second-order valence-electron chi connectivity index (χ2n) is 12.0. The van der Waals surface area contributed by atoms with E-state index in [1.807, 2.05) is 3.88 Å². The molecule has 188 valence electrons. The summed E-state index contributed by atoms with van der Waals surface area (Å²) in [5, 5.41) is 0. The molecule has 2 aromatic rings. The van der Waals surface area contributed by atoms with Crippen molar-refractivity contribution in [2.45, 2.75) is 95.9 Å². The van der Waals surface area contributed by atoms with Gasteiger partial charge in [0, 0.05) is 0 Å². The van der Waals surface area contributed by atoms with Crippen LogP contribution < -0.4 is 24.8 Å². The first-order valence-electron chi connectivity index (χ1n) is 12.8. The molecule has 0 N–H and O–H groups in total. The second kappa shape index (κ2) is 11.4. The minimum atomic E-state index is -1.59. The molecule has 0 spiro atoms. The van der Waals surface area contributed by atoms with Crippen molar-refractivity contribution in [3.8, 4) is 11.1 Å². The van der Waals surface area contributed by atoms with Crippen LogP contribution in [0, 0.1) is 0 Å². The first-order valence-corrected chi connectivity index (χ1v) is 18.8. The molecule has 2 aromatic carbocycles. The van der Waals surface area contributed by atoms with E-state index in [4.69, 9.17) is 0 Å². The van der Waals surface area contributed by atoms with Crippen LogP contribution in [0.2, 0.25) is 12.1 Å². The summed E-state index contributed by atoms with van der Waals surface area (Å²) in [4.78, 5) is 0. The third-order valence-electron chi connectivity index (χ3n) is 7.76. The molecule has 0 bridgehead atoms. The molecule has 2 aliphatic carbocycles. The molecular formula is C31H42Cl2SiTi. The number of rotatable bonds is 4. The van der Waals surface area contributed by atoms with Crippen LogP contribution in [0.25, 0.3) is 11.1 Å². The third kappa shape index (κ3) is 5.80. The normalized spacial score (nSPS) is 14.6. The van der Waals surface area contributed by atoms with Crippen LogP contribution >= 0.6 is 0 Å². The van der Waals surface area contributed by atoms with Crippen LogP contribution in [0.4, 0.5) is 0 Å². The molecule has 4 rings (SSSR count). The average Bonchev–Trinajstić information content (AvgIpc) is 3.31. The summed E-state index contributed by atoms with van der Waals surface area (Å²) in [6.07, 6.45) is 5.71. The molecule has 0 aromatic heterocycles. The van der Waals surface area contributed by atoms with Gasteiger partial charge in [-0.15, -0.1) is 0 Å². The van der Waals surface area contributed by atoms with Crippen molar-refractivity contribution in [3.63, 3.8) is 0 Å². The van der Waals surface area contributed by atoms with Gasteiger partial charge in [0.05, 0.1) is 0 Å². The van der Waals surface area contributed by atoms with E-state index in [1.165, 1.54) is 40.8 Å². The number of allylic oxidation sites excluding steroid dienone is 4. The minimum absolute atomic E-state index is 0. The first-order chi connectivity index (χ1) is 15.5. The van der Waals surface area contributed by atoms with Gasteiger partial charge in [0.25, 0.3) is 0 Å². The predicted molar refractivity (Wildman–Crippen MR) is 144 cm³/mol. The molecular weight excluding hydrogens is 519 g/mol. The van der Waals surface area contributed by atoms with Gasteiger partial charge in [-0.25, -0.2) is 0 Å². The maximum Gasteiger partial charge on any atom is -1.00 e. The third-order valence-corrected chi connectivity index (χ3v) is 23.4. The molecule has 0 fully saturated rings. The summed E-state index contributed by atoms with van der Waals surface area (Å²) in [6, 6.07) is 17.8. The largest absolute Gasteiger partial charge is 1.00 e. The van der Waals surface area contributed by atoms with Crippen LogP contribution in [0.15, 0.2) is 58.0 Å². The van der Waals surface area contributed by atoms with Gasteiger partial charge in [0.15, 0.2) is 0 Å². The summed E-state index contributed by atoms with van der Waals surface area (Å²) >= 11 is -1.59. The van der Waals surface area contributed by atoms with Crippen LogP contribution in [0.5, 0.6) is 0 Å². The molecule has 0 heterocycles. The van der Waals surface area contributed by atoms with E-state index in [9.17, 15) is 0 Å². The van der Waals surface area contributed by atoms with E-state index in [1.54, 1.807) is 16.7 Å². The van der Waals surface area contributed by atoms with Gasteiger partial charge in [0.2, 0.25) is 0 Å². The zero-order chi connectivity index (χ0) is 24.1. The van der Waals surface area contributed by atoms with Gasteiger partial charge in [-0.2, -0.15) is 0 Å². The zero-order valence-electron chi connectivity index (χ0n) is 23.1. The Balaban J connectivity index is 0.00000216. The van der Waals surface area contributed by atoms with E-state index < -0.39 is 16.6 Å². The SMILES string of the molecule is CC[Si](CC)=[Ti+2]([C]1=C(C)C=CC1)[CH]1c2cc(C(C)(C)C)ccc2-c2ccc(C(C)(C)C)cc21.[Cl-].[Cl-]. The van der Waals surface area contributed by atoms with Gasteiger partial charge < -0.3 is 24.8 Å². The molecule has 0 radical (unpaired) electrons. The summed E-state index contributed by atoms with van der Waals surface area (Å²) in [6.45, 7) is 21.5. The molecule has 0 aliphatic heterocycles. The van der Waals surface area contributed by atoms with Gasteiger partial charge in [-0.1, -0.05) is 0 Å². The van der Waals surface area contributed by atoms with E-state index in [2.05, 4.69) is 111 Å². The van der Waals surface area contributed by atoms with E-state index in [0.29, 0.717) is 4.22 Å². The Hall–Kier alpha value is -0.569. The van der Waals surface area contributed by atoms with E-state index >= 15 is 0 Å². The maximum absolute atomic E-state index is 2.62. The Morgan fingerprint density at radius 2 is 1.26 bits per heavy atom. The van der Waals surface area contributed by atoms with Crippen molar-refractivity contribution in [3.05, 3.63) is 80.3 Å². The molecule has 0 saturated carbocycles. The monoisotopic (exact) mass is 560 g/mol. The zero-order valence-corrected chi connectivity index (χ0v) is 27.1. The second-order valence-corrected chi connectivity index (χ2v) is 23.3. The van der Waals surface area contributed by atoms with E-state index in [0.717, 1.165) is 0 Å². The van der Waals surface area contributed by atoms with Crippen LogP contribution in [0.1, 0.15) is 95.2 Å². The molecule has 0 atom stereocenters. The Morgan fingerprint density at radius 3 is 1.60 bits per heavy atom. The summed E-state index contributed by atoms with van der Waals surface area (Å²) in [5.74, 6) is 0. The number of halogens is 2. The first kappa shape index (κ1) is 30.7. The van der Waals surface area contributed by atoms with Crippen molar-refractivity contribution >= 4 is 6.19 Å².